The summed E-state index contributed by atoms with van der Waals surface area (Å²) in [5, 5.41) is 2.30. The molecule has 4 nitrogen and oxygen atoms in total. The normalized spacial score (nSPS) is 15.7. The fourth-order valence-electron chi connectivity index (χ4n) is 4.21. The van der Waals surface area contributed by atoms with Crippen molar-refractivity contribution in [1.82, 2.24) is 9.80 Å². The summed E-state index contributed by atoms with van der Waals surface area (Å²) >= 11 is 0. The largest absolute Gasteiger partial charge is 0.416 e. The lowest BCUT2D eigenvalue weighted by Gasteiger charge is -2.38. The molecule has 1 saturated heterocycles. The maximum Gasteiger partial charge on any atom is 0.416 e. The zero-order valence-corrected chi connectivity index (χ0v) is 19.4. The molecular weight excluding hydrogens is 472 g/mol. The smallest absolute Gasteiger partial charge is 0.317 e. The van der Waals surface area contributed by atoms with E-state index < -0.39 is 35.2 Å². The summed E-state index contributed by atoms with van der Waals surface area (Å²) in [6.45, 7) is 4.79. The summed E-state index contributed by atoms with van der Waals surface area (Å²) in [6, 6.07) is 9.26. The zero-order chi connectivity index (χ0) is 25.6. The highest BCUT2D eigenvalue weighted by Crippen LogP contribution is 2.37. The molecule has 1 aliphatic rings. The SMILES string of the molecule is CCCCN1CCC(N(Cc2ccccc2)C(=O)Nc2cc(C(F)(F)F)cc(C(F)(F)F)c2)CC1. The van der Waals surface area contributed by atoms with Gasteiger partial charge < -0.3 is 15.1 Å². The minimum absolute atomic E-state index is 0.0451. The van der Waals surface area contributed by atoms with Crippen molar-refractivity contribution in [3.05, 3.63) is 65.2 Å². The second-order valence-corrected chi connectivity index (χ2v) is 8.76. The van der Waals surface area contributed by atoms with Gasteiger partial charge in [0, 0.05) is 31.4 Å². The molecule has 2 aromatic rings. The Morgan fingerprint density at radius 1 is 0.971 bits per heavy atom. The van der Waals surface area contributed by atoms with Crippen molar-refractivity contribution in [2.75, 3.05) is 25.0 Å². The Morgan fingerprint density at radius 2 is 1.54 bits per heavy atom. The highest BCUT2D eigenvalue weighted by Gasteiger charge is 2.37. The van der Waals surface area contributed by atoms with E-state index in [4.69, 9.17) is 0 Å². The van der Waals surface area contributed by atoms with Crippen LogP contribution in [0.1, 0.15) is 49.3 Å². The summed E-state index contributed by atoms with van der Waals surface area (Å²) in [7, 11) is 0. The number of carbonyl (C=O) groups excluding carboxylic acids is 1. The number of alkyl halides is 6. The molecule has 0 spiro atoms. The van der Waals surface area contributed by atoms with Crippen LogP contribution in [-0.2, 0) is 18.9 Å². The lowest BCUT2D eigenvalue weighted by atomic mass is 10.0. The number of nitrogens with one attached hydrogen (secondary N) is 1. The van der Waals surface area contributed by atoms with E-state index in [9.17, 15) is 31.1 Å². The molecule has 0 aliphatic carbocycles. The molecule has 1 heterocycles. The number of hydrogen-bond donors (Lipinski definition) is 1. The molecule has 0 radical (unpaired) electrons. The molecule has 1 aliphatic heterocycles. The Morgan fingerprint density at radius 3 is 2.06 bits per heavy atom. The van der Waals surface area contributed by atoms with Gasteiger partial charge in [0.2, 0.25) is 0 Å². The van der Waals surface area contributed by atoms with Gasteiger partial charge in [-0.3, -0.25) is 0 Å². The highest BCUT2D eigenvalue weighted by molar-refractivity contribution is 5.89. The topological polar surface area (TPSA) is 35.6 Å². The molecule has 0 saturated carbocycles. The average Bonchev–Trinajstić information content (AvgIpc) is 2.81. The van der Waals surface area contributed by atoms with Crippen molar-refractivity contribution in [2.45, 2.75) is 57.5 Å². The van der Waals surface area contributed by atoms with Crippen molar-refractivity contribution in [3.8, 4) is 0 Å². The van der Waals surface area contributed by atoms with Gasteiger partial charge in [-0.25, -0.2) is 4.79 Å². The Hall–Kier alpha value is -2.75. The Bertz CT molecular complexity index is 937. The molecule has 3 rings (SSSR count). The molecule has 10 heteroatoms. The average molecular weight is 502 g/mol. The molecule has 35 heavy (non-hydrogen) atoms. The molecule has 1 fully saturated rings. The van der Waals surface area contributed by atoms with E-state index in [0.717, 1.165) is 38.0 Å². The fraction of sp³-hybridized carbons (Fsp3) is 0.480. The minimum atomic E-state index is -4.99. The summed E-state index contributed by atoms with van der Waals surface area (Å²) < 4.78 is 79.4. The first-order chi connectivity index (χ1) is 16.5. The first kappa shape index (κ1) is 26.8. The van der Waals surface area contributed by atoms with Crippen molar-refractivity contribution in [2.24, 2.45) is 0 Å². The molecule has 0 aromatic heterocycles. The Labute approximate surface area is 200 Å². The van der Waals surface area contributed by atoms with Crippen molar-refractivity contribution in [1.29, 1.82) is 0 Å². The Balaban J connectivity index is 1.84. The number of hydrogen-bond acceptors (Lipinski definition) is 2. The number of piperidine rings is 1. The van der Waals surface area contributed by atoms with Crippen LogP contribution in [0.5, 0.6) is 0 Å². The second-order valence-electron chi connectivity index (χ2n) is 8.76. The number of anilines is 1. The van der Waals surface area contributed by atoms with Crippen LogP contribution in [0.3, 0.4) is 0 Å². The molecule has 0 unspecified atom stereocenters. The van der Waals surface area contributed by atoms with Gasteiger partial charge in [0.05, 0.1) is 11.1 Å². The molecule has 0 atom stereocenters. The van der Waals surface area contributed by atoms with Gasteiger partial charge >= 0.3 is 18.4 Å². The van der Waals surface area contributed by atoms with Gasteiger partial charge in [0.15, 0.2) is 0 Å². The van der Waals surface area contributed by atoms with E-state index >= 15 is 0 Å². The fourth-order valence-corrected chi connectivity index (χ4v) is 4.21. The number of amides is 2. The van der Waals surface area contributed by atoms with Crippen LogP contribution >= 0.6 is 0 Å². The van der Waals surface area contributed by atoms with E-state index in [-0.39, 0.29) is 18.7 Å². The van der Waals surface area contributed by atoms with Gasteiger partial charge in [-0.15, -0.1) is 0 Å². The summed E-state index contributed by atoms with van der Waals surface area (Å²) in [6.07, 6.45) is -6.51. The van der Waals surface area contributed by atoms with Crippen LogP contribution in [0, 0.1) is 0 Å². The van der Waals surface area contributed by atoms with Crippen molar-refractivity contribution < 1.29 is 31.1 Å². The van der Waals surface area contributed by atoms with E-state index in [2.05, 4.69) is 17.1 Å². The van der Waals surface area contributed by atoms with Crippen LogP contribution in [-0.4, -0.2) is 41.5 Å². The van der Waals surface area contributed by atoms with Crippen LogP contribution in [0.4, 0.5) is 36.8 Å². The first-order valence-corrected chi connectivity index (χ1v) is 11.6. The lowest BCUT2D eigenvalue weighted by Crippen LogP contribution is -2.48. The second kappa shape index (κ2) is 11.3. The molecule has 1 N–H and O–H groups in total. The van der Waals surface area contributed by atoms with E-state index in [1.54, 1.807) is 12.1 Å². The summed E-state index contributed by atoms with van der Waals surface area (Å²) in [4.78, 5) is 17.1. The quantitative estimate of drug-likeness (QED) is 0.414. The van der Waals surface area contributed by atoms with Crippen molar-refractivity contribution in [3.63, 3.8) is 0 Å². The predicted molar refractivity (Wildman–Crippen MR) is 122 cm³/mol. The summed E-state index contributed by atoms with van der Waals surface area (Å²) in [5.74, 6) is 0. The maximum atomic E-state index is 13.2. The number of carbonyl (C=O) groups is 1. The van der Waals surface area contributed by atoms with Gasteiger partial charge in [0.1, 0.15) is 0 Å². The van der Waals surface area contributed by atoms with E-state index in [1.807, 2.05) is 18.2 Å². The van der Waals surface area contributed by atoms with Crippen LogP contribution < -0.4 is 5.32 Å². The molecule has 0 bridgehead atoms. The lowest BCUT2D eigenvalue weighted by molar-refractivity contribution is -0.143. The van der Waals surface area contributed by atoms with Crippen LogP contribution in [0.25, 0.3) is 0 Å². The highest BCUT2D eigenvalue weighted by atomic mass is 19.4. The number of nitrogens with zero attached hydrogens (tertiary/aromatic N) is 2. The third-order valence-corrected chi connectivity index (χ3v) is 6.12. The van der Waals surface area contributed by atoms with E-state index in [0.29, 0.717) is 25.0 Å². The third kappa shape index (κ3) is 7.62. The summed E-state index contributed by atoms with van der Waals surface area (Å²) in [5.41, 5.74) is -2.67. The minimum Gasteiger partial charge on any atom is -0.317 e. The number of unbranched alkanes of at least 4 members (excludes halogenated alkanes) is 1. The van der Waals surface area contributed by atoms with Gasteiger partial charge in [-0.2, -0.15) is 26.3 Å². The predicted octanol–water partition coefficient (Wildman–Crippen LogP) is 7.02. The molecule has 2 amide bonds. The molecule has 2 aromatic carbocycles. The molecule has 192 valence electrons. The number of benzene rings is 2. The van der Waals surface area contributed by atoms with Gasteiger partial charge in [-0.05, 0) is 49.6 Å². The number of likely N-dealkylation sites (tertiary alicyclic amines) is 1. The van der Waals surface area contributed by atoms with Crippen LogP contribution in [0.2, 0.25) is 0 Å². The number of rotatable bonds is 7. The number of urea groups is 1. The number of halogens is 6. The standard InChI is InChI=1S/C25H29F6N3O/c1-2-3-11-33-12-9-22(10-13-33)34(17-18-7-5-4-6-8-18)23(35)32-21-15-19(24(26,27)28)14-20(16-21)25(29,30)31/h4-8,14-16,22H,2-3,9-13,17H2,1H3,(H,32,35). The van der Waals surface area contributed by atoms with Crippen LogP contribution in [0.15, 0.2) is 48.5 Å². The zero-order valence-electron chi connectivity index (χ0n) is 19.4. The van der Waals surface area contributed by atoms with E-state index in [1.165, 1.54) is 4.90 Å². The maximum absolute atomic E-state index is 13.2. The van der Waals surface area contributed by atoms with Gasteiger partial charge in [-0.1, -0.05) is 43.7 Å². The van der Waals surface area contributed by atoms with Gasteiger partial charge in [0.25, 0.3) is 0 Å². The monoisotopic (exact) mass is 501 g/mol. The van der Waals surface area contributed by atoms with Crippen molar-refractivity contribution >= 4 is 11.7 Å². The Kier molecular flexibility index (Phi) is 8.69. The molecular formula is C25H29F6N3O. The first-order valence-electron chi connectivity index (χ1n) is 11.6. The third-order valence-electron chi connectivity index (χ3n) is 6.12.